The lowest BCUT2D eigenvalue weighted by Crippen LogP contribution is -2.26. The monoisotopic (exact) mass is 285 g/mol. The molecule has 2 aromatic rings. The molecule has 0 saturated carbocycles. The van der Waals surface area contributed by atoms with Crippen LogP contribution in [0.2, 0.25) is 0 Å². The highest BCUT2D eigenvalue weighted by atomic mass is 16.3. The lowest BCUT2D eigenvalue weighted by molar-refractivity contribution is 0.451. The van der Waals surface area contributed by atoms with Crippen LogP contribution in [0, 0.1) is 6.92 Å². The fraction of sp³-hybridized carbons (Fsp3) is 0.333. The molecule has 2 aromatic carbocycles. The number of para-hydroxylation sites is 1. The van der Waals surface area contributed by atoms with Crippen LogP contribution in [0.4, 0.5) is 0 Å². The summed E-state index contributed by atoms with van der Waals surface area (Å²) in [6.45, 7) is 4.73. The average Bonchev–Trinajstić information content (AvgIpc) is 2.48. The van der Waals surface area contributed by atoms with Gasteiger partial charge < -0.3 is 15.5 Å². The zero-order chi connectivity index (χ0) is 15.2. The van der Waals surface area contributed by atoms with Gasteiger partial charge in [-0.25, -0.2) is 0 Å². The van der Waals surface area contributed by atoms with E-state index in [-0.39, 0.29) is 0 Å². The number of phenolic OH excluding ortho intramolecular Hbond substituents is 2. The summed E-state index contributed by atoms with van der Waals surface area (Å²) < 4.78 is 0. The molecule has 0 aliphatic heterocycles. The van der Waals surface area contributed by atoms with Gasteiger partial charge in [0, 0.05) is 18.2 Å². The van der Waals surface area contributed by atoms with Crippen LogP contribution in [0.25, 0.3) is 0 Å². The molecule has 1 atom stereocenters. The molecular weight excluding hydrogens is 262 g/mol. The summed E-state index contributed by atoms with van der Waals surface area (Å²) in [6.07, 6.45) is 1.98. The summed E-state index contributed by atoms with van der Waals surface area (Å²) in [4.78, 5) is 0. The van der Waals surface area contributed by atoms with E-state index in [0.29, 0.717) is 24.1 Å². The molecule has 0 aromatic heterocycles. The fourth-order valence-electron chi connectivity index (χ4n) is 2.29. The normalized spacial score (nSPS) is 12.3. The molecule has 2 rings (SSSR count). The molecule has 3 nitrogen and oxygen atoms in total. The van der Waals surface area contributed by atoms with Gasteiger partial charge in [-0.1, -0.05) is 30.3 Å². The summed E-state index contributed by atoms with van der Waals surface area (Å²) in [7, 11) is 0. The van der Waals surface area contributed by atoms with E-state index >= 15 is 0 Å². The molecule has 0 aliphatic rings. The zero-order valence-corrected chi connectivity index (χ0v) is 12.6. The fourth-order valence-corrected chi connectivity index (χ4v) is 2.29. The third-order valence-corrected chi connectivity index (χ3v) is 3.76. The smallest absolute Gasteiger partial charge is 0.122 e. The van der Waals surface area contributed by atoms with E-state index in [0.717, 1.165) is 24.0 Å². The molecule has 0 spiro atoms. The molecular formula is C18H23NO2. The number of aryl methyl sites for hydroxylation is 2. The van der Waals surface area contributed by atoms with Gasteiger partial charge in [0.25, 0.3) is 0 Å². The number of aromatic hydroxyl groups is 2. The third-order valence-electron chi connectivity index (χ3n) is 3.76. The molecule has 0 heterocycles. The van der Waals surface area contributed by atoms with Crippen molar-refractivity contribution >= 4 is 0 Å². The number of hydrogen-bond acceptors (Lipinski definition) is 3. The number of hydrogen-bond donors (Lipinski definition) is 3. The second-order valence-electron chi connectivity index (χ2n) is 5.57. The molecule has 3 N–H and O–H groups in total. The quantitative estimate of drug-likeness (QED) is 0.761. The van der Waals surface area contributed by atoms with Crippen molar-refractivity contribution in [2.75, 3.05) is 0 Å². The second kappa shape index (κ2) is 7.14. The van der Waals surface area contributed by atoms with Crippen LogP contribution in [-0.2, 0) is 13.0 Å². The molecule has 0 fully saturated rings. The first-order valence-corrected chi connectivity index (χ1v) is 7.35. The minimum absolute atomic E-state index is 0.305. The Balaban J connectivity index is 1.80. The van der Waals surface area contributed by atoms with Crippen molar-refractivity contribution in [2.45, 2.75) is 39.3 Å². The first-order valence-electron chi connectivity index (χ1n) is 7.35. The van der Waals surface area contributed by atoms with Gasteiger partial charge >= 0.3 is 0 Å². The number of nitrogens with one attached hydrogen (secondary N) is 1. The SMILES string of the molecule is Cc1cccc(CNC(C)CCc2ccc(O)cc2)c1O. The maximum atomic E-state index is 9.98. The largest absolute Gasteiger partial charge is 0.508 e. The van der Waals surface area contributed by atoms with E-state index in [1.54, 1.807) is 12.1 Å². The highest BCUT2D eigenvalue weighted by Gasteiger charge is 2.06. The van der Waals surface area contributed by atoms with Crippen LogP contribution >= 0.6 is 0 Å². The predicted molar refractivity (Wildman–Crippen MR) is 85.6 cm³/mol. The molecule has 21 heavy (non-hydrogen) atoms. The van der Waals surface area contributed by atoms with Gasteiger partial charge in [-0.3, -0.25) is 0 Å². The standard InChI is InChI=1S/C18H23NO2/c1-13-4-3-5-16(18(13)21)12-19-14(2)6-7-15-8-10-17(20)11-9-15/h3-5,8-11,14,19-21H,6-7,12H2,1-2H3. The van der Waals surface area contributed by atoms with E-state index in [2.05, 4.69) is 12.2 Å². The van der Waals surface area contributed by atoms with E-state index in [1.165, 1.54) is 5.56 Å². The molecule has 1 unspecified atom stereocenters. The maximum Gasteiger partial charge on any atom is 0.122 e. The van der Waals surface area contributed by atoms with Gasteiger partial charge in [0.2, 0.25) is 0 Å². The first-order chi connectivity index (χ1) is 10.1. The van der Waals surface area contributed by atoms with E-state index in [9.17, 15) is 10.2 Å². The van der Waals surface area contributed by atoms with Crippen molar-refractivity contribution in [1.29, 1.82) is 0 Å². The van der Waals surface area contributed by atoms with Crippen molar-refractivity contribution < 1.29 is 10.2 Å². The second-order valence-corrected chi connectivity index (χ2v) is 5.57. The van der Waals surface area contributed by atoms with Gasteiger partial charge in [-0.2, -0.15) is 0 Å². The van der Waals surface area contributed by atoms with Crippen molar-refractivity contribution in [3.8, 4) is 11.5 Å². The van der Waals surface area contributed by atoms with Crippen molar-refractivity contribution in [3.63, 3.8) is 0 Å². The highest BCUT2D eigenvalue weighted by molar-refractivity contribution is 5.39. The summed E-state index contributed by atoms with van der Waals surface area (Å²) in [5.41, 5.74) is 3.07. The minimum Gasteiger partial charge on any atom is -0.508 e. The topological polar surface area (TPSA) is 52.5 Å². The van der Waals surface area contributed by atoms with Crippen LogP contribution in [0.1, 0.15) is 30.0 Å². The van der Waals surface area contributed by atoms with Gasteiger partial charge in [-0.15, -0.1) is 0 Å². The lowest BCUT2D eigenvalue weighted by Gasteiger charge is -2.15. The average molecular weight is 285 g/mol. The van der Waals surface area contributed by atoms with Gasteiger partial charge in [0.05, 0.1) is 0 Å². The van der Waals surface area contributed by atoms with Crippen LogP contribution < -0.4 is 5.32 Å². The Morgan fingerprint density at radius 2 is 1.76 bits per heavy atom. The number of rotatable bonds is 6. The molecule has 0 radical (unpaired) electrons. The molecule has 112 valence electrons. The molecule has 0 amide bonds. The number of benzene rings is 2. The van der Waals surface area contributed by atoms with Crippen molar-refractivity contribution in [1.82, 2.24) is 5.32 Å². The molecule has 0 saturated heterocycles. The van der Waals surface area contributed by atoms with Crippen molar-refractivity contribution in [3.05, 3.63) is 59.2 Å². The summed E-state index contributed by atoms with van der Waals surface area (Å²) in [6, 6.07) is 13.5. The summed E-state index contributed by atoms with van der Waals surface area (Å²) >= 11 is 0. The first kappa shape index (κ1) is 15.4. The molecule has 0 bridgehead atoms. The Morgan fingerprint density at radius 3 is 2.48 bits per heavy atom. The molecule has 0 aliphatic carbocycles. The molecule has 3 heteroatoms. The zero-order valence-electron chi connectivity index (χ0n) is 12.6. The van der Waals surface area contributed by atoms with E-state index < -0.39 is 0 Å². The Kier molecular flexibility index (Phi) is 5.23. The van der Waals surface area contributed by atoms with Gasteiger partial charge in [0.1, 0.15) is 11.5 Å². The van der Waals surface area contributed by atoms with Crippen LogP contribution in [-0.4, -0.2) is 16.3 Å². The Bertz CT molecular complexity index is 578. The Labute approximate surface area is 126 Å². The van der Waals surface area contributed by atoms with Gasteiger partial charge in [-0.05, 0) is 49.9 Å². The third kappa shape index (κ3) is 4.50. The van der Waals surface area contributed by atoms with E-state index in [4.69, 9.17) is 0 Å². The summed E-state index contributed by atoms with van der Waals surface area (Å²) in [5, 5.41) is 22.7. The Morgan fingerprint density at radius 1 is 1.05 bits per heavy atom. The van der Waals surface area contributed by atoms with E-state index in [1.807, 2.05) is 37.3 Å². The lowest BCUT2D eigenvalue weighted by atomic mass is 10.1. The highest BCUT2D eigenvalue weighted by Crippen LogP contribution is 2.21. The van der Waals surface area contributed by atoms with Gasteiger partial charge in [0.15, 0.2) is 0 Å². The predicted octanol–water partition coefficient (Wildman–Crippen LogP) is 3.52. The van der Waals surface area contributed by atoms with Crippen LogP contribution in [0.5, 0.6) is 11.5 Å². The minimum atomic E-state index is 0.305. The van der Waals surface area contributed by atoms with Crippen LogP contribution in [0.15, 0.2) is 42.5 Å². The maximum absolute atomic E-state index is 9.98. The summed E-state index contributed by atoms with van der Waals surface area (Å²) in [5.74, 6) is 0.690. The van der Waals surface area contributed by atoms with Crippen molar-refractivity contribution in [2.24, 2.45) is 0 Å². The van der Waals surface area contributed by atoms with Crippen LogP contribution in [0.3, 0.4) is 0 Å². The Hall–Kier alpha value is -2.00. The number of phenols is 2.